The van der Waals surface area contributed by atoms with Crippen molar-refractivity contribution in [1.82, 2.24) is 15.1 Å². The van der Waals surface area contributed by atoms with Crippen molar-refractivity contribution in [2.24, 2.45) is 0 Å². The number of rotatable bonds is 4. The predicted molar refractivity (Wildman–Crippen MR) is 67.7 cm³/mol. The molecule has 1 atom stereocenters. The van der Waals surface area contributed by atoms with Gasteiger partial charge < -0.3 is 10.4 Å². The van der Waals surface area contributed by atoms with Crippen molar-refractivity contribution in [2.45, 2.75) is 32.4 Å². The van der Waals surface area contributed by atoms with Gasteiger partial charge >= 0.3 is 0 Å². The minimum absolute atomic E-state index is 0.244. The molecule has 1 unspecified atom stereocenters. The number of nitrogens with zero attached hydrogens (tertiary/aromatic N) is 2. The molecule has 0 aromatic carbocycles. The summed E-state index contributed by atoms with van der Waals surface area (Å²) in [6, 6.07) is 0. The Balaban J connectivity index is 2.27. The van der Waals surface area contributed by atoms with Gasteiger partial charge in [-0.05, 0) is 27.8 Å². The summed E-state index contributed by atoms with van der Waals surface area (Å²) < 4.78 is 0. The van der Waals surface area contributed by atoms with Gasteiger partial charge in [-0.15, -0.1) is 0 Å². The van der Waals surface area contributed by atoms with Crippen molar-refractivity contribution < 1.29 is 5.11 Å². The highest BCUT2D eigenvalue weighted by molar-refractivity contribution is 4.82. The molecule has 1 rings (SSSR count). The third kappa shape index (κ3) is 4.37. The molecule has 1 aliphatic rings. The van der Waals surface area contributed by atoms with Gasteiger partial charge in [0.1, 0.15) is 0 Å². The number of aliphatic hydroxyl groups is 1. The number of nitrogens with one attached hydrogen (secondary N) is 1. The molecule has 2 N–H and O–H groups in total. The number of β-amino-alcohol motifs (C(OH)–C–C–N with tert-alkyl or cyclic N) is 1. The summed E-state index contributed by atoms with van der Waals surface area (Å²) in [5, 5.41) is 12.7. The second-order valence-corrected chi connectivity index (χ2v) is 5.67. The summed E-state index contributed by atoms with van der Waals surface area (Å²) in [7, 11) is 1.88. The lowest BCUT2D eigenvalue weighted by Crippen LogP contribution is -2.54. The summed E-state index contributed by atoms with van der Waals surface area (Å²) in [5.74, 6) is 0. The number of aliphatic hydroxyl groups excluding tert-OH is 1. The van der Waals surface area contributed by atoms with Crippen LogP contribution >= 0.6 is 0 Å². The van der Waals surface area contributed by atoms with Crippen molar-refractivity contribution in [3.63, 3.8) is 0 Å². The van der Waals surface area contributed by atoms with E-state index in [9.17, 15) is 5.11 Å². The lowest BCUT2D eigenvalue weighted by atomic mass is 10.0. The Kier molecular flexibility index (Phi) is 5.18. The summed E-state index contributed by atoms with van der Waals surface area (Å²) in [6.45, 7) is 12.6. The van der Waals surface area contributed by atoms with Crippen LogP contribution < -0.4 is 5.32 Å². The second kappa shape index (κ2) is 5.96. The first-order valence-electron chi connectivity index (χ1n) is 6.23. The average Bonchev–Trinajstić information content (AvgIpc) is 2.17. The molecule has 0 aliphatic carbocycles. The van der Waals surface area contributed by atoms with E-state index in [4.69, 9.17) is 0 Å². The predicted octanol–water partition coefficient (Wildman–Crippen LogP) is -0.0172. The maximum absolute atomic E-state index is 9.71. The quantitative estimate of drug-likeness (QED) is 0.711. The molecule has 0 amide bonds. The lowest BCUT2D eigenvalue weighted by Gasteiger charge is -2.42. The zero-order valence-corrected chi connectivity index (χ0v) is 11.2. The summed E-state index contributed by atoms with van der Waals surface area (Å²) >= 11 is 0. The third-order valence-electron chi connectivity index (χ3n) is 3.23. The Labute approximate surface area is 99.6 Å². The van der Waals surface area contributed by atoms with Gasteiger partial charge in [-0.3, -0.25) is 9.80 Å². The Morgan fingerprint density at radius 2 is 1.75 bits per heavy atom. The van der Waals surface area contributed by atoms with Crippen LogP contribution in [0.5, 0.6) is 0 Å². The van der Waals surface area contributed by atoms with Gasteiger partial charge in [0, 0.05) is 44.8 Å². The molecule has 4 nitrogen and oxygen atoms in total. The molecular formula is C12H27N3O. The molecular weight excluding hydrogens is 202 g/mol. The first-order valence-corrected chi connectivity index (χ1v) is 6.23. The van der Waals surface area contributed by atoms with E-state index in [0.29, 0.717) is 6.54 Å². The first kappa shape index (κ1) is 13.9. The van der Waals surface area contributed by atoms with Crippen LogP contribution in [-0.2, 0) is 0 Å². The molecule has 0 spiro atoms. The molecule has 1 aliphatic heterocycles. The highest BCUT2D eigenvalue weighted by Crippen LogP contribution is 2.15. The zero-order chi connectivity index (χ0) is 12.2. The number of hydrogen-bond donors (Lipinski definition) is 2. The van der Waals surface area contributed by atoms with E-state index in [-0.39, 0.29) is 11.6 Å². The van der Waals surface area contributed by atoms with Crippen LogP contribution in [0.3, 0.4) is 0 Å². The summed E-state index contributed by atoms with van der Waals surface area (Å²) in [6.07, 6.45) is -0.244. The summed E-state index contributed by atoms with van der Waals surface area (Å²) in [4.78, 5) is 4.86. The van der Waals surface area contributed by atoms with Gasteiger partial charge in [0.05, 0.1) is 6.10 Å². The van der Waals surface area contributed by atoms with Crippen molar-refractivity contribution in [3.05, 3.63) is 0 Å². The molecule has 0 saturated carbocycles. The van der Waals surface area contributed by atoms with Crippen LogP contribution in [0, 0.1) is 0 Å². The smallest absolute Gasteiger partial charge is 0.0791 e. The molecule has 0 bridgehead atoms. The molecule has 1 fully saturated rings. The van der Waals surface area contributed by atoms with Crippen LogP contribution in [0.2, 0.25) is 0 Å². The Morgan fingerprint density at radius 3 is 2.19 bits per heavy atom. The Hall–Kier alpha value is -0.160. The molecule has 0 aromatic heterocycles. The van der Waals surface area contributed by atoms with Crippen molar-refractivity contribution >= 4 is 0 Å². The highest BCUT2D eigenvalue weighted by Gasteiger charge is 2.26. The van der Waals surface area contributed by atoms with Crippen LogP contribution in [0.1, 0.15) is 20.8 Å². The van der Waals surface area contributed by atoms with E-state index < -0.39 is 0 Å². The molecule has 0 aromatic rings. The van der Waals surface area contributed by atoms with Gasteiger partial charge in [0.2, 0.25) is 0 Å². The third-order valence-corrected chi connectivity index (χ3v) is 3.23. The van der Waals surface area contributed by atoms with Crippen molar-refractivity contribution in [1.29, 1.82) is 0 Å². The highest BCUT2D eigenvalue weighted by atomic mass is 16.3. The van der Waals surface area contributed by atoms with Crippen LogP contribution in [0.25, 0.3) is 0 Å². The van der Waals surface area contributed by atoms with E-state index in [1.54, 1.807) is 0 Å². The summed E-state index contributed by atoms with van der Waals surface area (Å²) in [5.41, 5.74) is 0.273. The van der Waals surface area contributed by atoms with Crippen LogP contribution in [0.4, 0.5) is 0 Å². The molecule has 1 heterocycles. The van der Waals surface area contributed by atoms with E-state index in [0.717, 1.165) is 32.7 Å². The van der Waals surface area contributed by atoms with E-state index in [1.165, 1.54) is 0 Å². The maximum Gasteiger partial charge on any atom is 0.0791 e. The largest absolute Gasteiger partial charge is 0.390 e. The van der Waals surface area contributed by atoms with Crippen molar-refractivity contribution in [3.8, 4) is 0 Å². The van der Waals surface area contributed by atoms with Gasteiger partial charge in [-0.25, -0.2) is 0 Å². The minimum atomic E-state index is -0.244. The lowest BCUT2D eigenvalue weighted by molar-refractivity contribution is 0.0371. The maximum atomic E-state index is 9.71. The monoisotopic (exact) mass is 229 g/mol. The fraction of sp³-hybridized carbons (Fsp3) is 1.00. The van der Waals surface area contributed by atoms with Gasteiger partial charge in [-0.2, -0.15) is 0 Å². The average molecular weight is 229 g/mol. The van der Waals surface area contributed by atoms with Crippen LogP contribution in [-0.4, -0.2) is 72.9 Å². The standard InChI is InChI=1S/C12H27N3O/c1-12(2,3)15-7-5-14(6-8-15)10-11(16)9-13-4/h11,13,16H,5-10H2,1-4H3. The van der Waals surface area contributed by atoms with E-state index in [1.807, 2.05) is 7.05 Å². The number of hydrogen-bond acceptors (Lipinski definition) is 4. The molecule has 96 valence electrons. The normalized spacial score (nSPS) is 22.3. The molecule has 0 radical (unpaired) electrons. The topological polar surface area (TPSA) is 38.7 Å². The Bertz CT molecular complexity index is 195. The molecule has 16 heavy (non-hydrogen) atoms. The first-order chi connectivity index (χ1) is 7.43. The zero-order valence-electron chi connectivity index (χ0n) is 11.2. The van der Waals surface area contributed by atoms with E-state index >= 15 is 0 Å². The minimum Gasteiger partial charge on any atom is -0.390 e. The van der Waals surface area contributed by atoms with Crippen LogP contribution in [0.15, 0.2) is 0 Å². The SMILES string of the molecule is CNCC(O)CN1CCN(C(C)(C)C)CC1. The van der Waals surface area contributed by atoms with Gasteiger partial charge in [0.15, 0.2) is 0 Å². The Morgan fingerprint density at radius 1 is 1.19 bits per heavy atom. The number of piperazine rings is 1. The molecule has 1 saturated heterocycles. The molecule has 4 heteroatoms. The second-order valence-electron chi connectivity index (χ2n) is 5.67. The van der Waals surface area contributed by atoms with Gasteiger partial charge in [-0.1, -0.05) is 0 Å². The number of likely N-dealkylation sites (N-methyl/N-ethyl adjacent to an activating group) is 1. The van der Waals surface area contributed by atoms with Gasteiger partial charge in [0.25, 0.3) is 0 Å². The van der Waals surface area contributed by atoms with E-state index in [2.05, 4.69) is 35.9 Å². The van der Waals surface area contributed by atoms with Crippen molar-refractivity contribution in [2.75, 3.05) is 46.3 Å². The fourth-order valence-electron chi connectivity index (χ4n) is 2.20. The fourth-order valence-corrected chi connectivity index (χ4v) is 2.20.